The van der Waals surface area contributed by atoms with Crippen LogP contribution >= 0.6 is 11.6 Å². The van der Waals surface area contributed by atoms with Gasteiger partial charge in [-0.1, -0.05) is 23.7 Å². The van der Waals surface area contributed by atoms with E-state index in [1.54, 1.807) is 24.3 Å². The average molecular weight is 378 g/mol. The summed E-state index contributed by atoms with van der Waals surface area (Å²) in [7, 11) is 1.47. The predicted molar refractivity (Wildman–Crippen MR) is 97.5 cm³/mol. The zero-order valence-electron chi connectivity index (χ0n) is 14.4. The number of halogens is 1. The van der Waals surface area contributed by atoms with E-state index in [4.69, 9.17) is 21.1 Å². The monoisotopic (exact) mass is 377 g/mol. The van der Waals surface area contributed by atoms with Gasteiger partial charge in [0.1, 0.15) is 12.2 Å². The van der Waals surface area contributed by atoms with Crippen LogP contribution in [-0.2, 0) is 16.1 Å². The van der Waals surface area contributed by atoms with Gasteiger partial charge < -0.3 is 14.8 Å². The normalized spacial score (nSPS) is 16.5. The molecule has 1 amide bonds. The van der Waals surface area contributed by atoms with Crippen molar-refractivity contribution in [2.75, 3.05) is 20.3 Å². The van der Waals surface area contributed by atoms with E-state index in [-0.39, 0.29) is 18.6 Å². The maximum Gasteiger partial charge on any atom is 0.270 e. The molecule has 138 valence electrons. The zero-order chi connectivity index (χ0) is 18.5. The number of nitrogens with one attached hydrogen (secondary N) is 1. The minimum Gasteiger partial charge on any atom is -0.494 e. The van der Waals surface area contributed by atoms with Gasteiger partial charge in [-0.2, -0.15) is 5.10 Å². The van der Waals surface area contributed by atoms with Crippen molar-refractivity contribution in [3.63, 3.8) is 0 Å². The molecular formula is C18H20ClN3O4. The maximum atomic E-state index is 12.2. The molecular weight excluding hydrogens is 358 g/mol. The number of carbonyl (C=O) groups is 1. The van der Waals surface area contributed by atoms with E-state index in [0.717, 1.165) is 29.7 Å². The van der Waals surface area contributed by atoms with Crippen LogP contribution in [0.2, 0.25) is 5.02 Å². The standard InChI is InChI=1S/C18H20ClN3O4/c1-25-15-9-17(24)22(11-16(23)20-10-14-3-2-8-26-14)21-18(15)12-4-6-13(19)7-5-12/h4-7,9,14H,2-3,8,10-11H2,1H3,(H,20,23)/t14-/m0/s1. The summed E-state index contributed by atoms with van der Waals surface area (Å²) in [5.41, 5.74) is 0.794. The Kier molecular flexibility index (Phi) is 5.90. The van der Waals surface area contributed by atoms with Crippen molar-refractivity contribution in [3.8, 4) is 17.0 Å². The topological polar surface area (TPSA) is 82.5 Å². The van der Waals surface area contributed by atoms with E-state index >= 15 is 0 Å². The molecule has 0 radical (unpaired) electrons. The van der Waals surface area contributed by atoms with Crippen molar-refractivity contribution < 1.29 is 14.3 Å². The molecule has 0 bridgehead atoms. The molecule has 1 atom stereocenters. The molecule has 7 nitrogen and oxygen atoms in total. The van der Waals surface area contributed by atoms with Gasteiger partial charge in [-0.3, -0.25) is 9.59 Å². The fourth-order valence-electron chi connectivity index (χ4n) is 2.78. The fourth-order valence-corrected chi connectivity index (χ4v) is 2.90. The summed E-state index contributed by atoms with van der Waals surface area (Å²) in [6, 6.07) is 8.33. The van der Waals surface area contributed by atoms with Crippen LogP contribution in [0.4, 0.5) is 0 Å². The van der Waals surface area contributed by atoms with Gasteiger partial charge in [-0.25, -0.2) is 4.68 Å². The number of amides is 1. The first-order valence-corrected chi connectivity index (χ1v) is 8.75. The molecule has 1 aromatic carbocycles. The molecule has 1 fully saturated rings. The average Bonchev–Trinajstić information content (AvgIpc) is 3.16. The Morgan fingerprint density at radius 1 is 1.42 bits per heavy atom. The van der Waals surface area contributed by atoms with Crippen molar-refractivity contribution in [1.82, 2.24) is 15.1 Å². The van der Waals surface area contributed by atoms with E-state index in [9.17, 15) is 9.59 Å². The number of nitrogens with zero attached hydrogens (tertiary/aromatic N) is 2. The summed E-state index contributed by atoms with van der Waals surface area (Å²) in [5.74, 6) is 0.0515. The highest BCUT2D eigenvalue weighted by Crippen LogP contribution is 2.27. The molecule has 0 saturated carbocycles. The Labute approximate surface area is 155 Å². The van der Waals surface area contributed by atoms with Crippen LogP contribution in [0.5, 0.6) is 5.75 Å². The first-order valence-electron chi connectivity index (χ1n) is 8.37. The summed E-state index contributed by atoms with van der Waals surface area (Å²) >= 11 is 5.92. The van der Waals surface area contributed by atoms with Gasteiger partial charge in [0.2, 0.25) is 5.91 Å². The van der Waals surface area contributed by atoms with E-state index in [1.807, 2.05) is 0 Å². The molecule has 2 heterocycles. The van der Waals surface area contributed by atoms with Gasteiger partial charge in [-0.15, -0.1) is 0 Å². The van der Waals surface area contributed by atoms with Gasteiger partial charge >= 0.3 is 0 Å². The molecule has 1 aliphatic heterocycles. The molecule has 1 saturated heterocycles. The van der Waals surface area contributed by atoms with Gasteiger partial charge in [0.05, 0.1) is 13.2 Å². The van der Waals surface area contributed by atoms with E-state index in [2.05, 4.69) is 10.4 Å². The molecule has 26 heavy (non-hydrogen) atoms. The van der Waals surface area contributed by atoms with Crippen molar-refractivity contribution in [3.05, 3.63) is 45.7 Å². The van der Waals surface area contributed by atoms with Gasteiger partial charge in [0.15, 0.2) is 5.75 Å². The number of aromatic nitrogens is 2. The largest absolute Gasteiger partial charge is 0.494 e. The minimum atomic E-state index is -0.410. The first kappa shape index (κ1) is 18.4. The third-order valence-corrected chi connectivity index (χ3v) is 4.40. The van der Waals surface area contributed by atoms with Crippen molar-refractivity contribution in [1.29, 1.82) is 0 Å². The van der Waals surface area contributed by atoms with Crippen molar-refractivity contribution >= 4 is 17.5 Å². The highest BCUT2D eigenvalue weighted by atomic mass is 35.5. The summed E-state index contributed by atoms with van der Waals surface area (Å²) < 4.78 is 11.9. The smallest absolute Gasteiger partial charge is 0.270 e. The zero-order valence-corrected chi connectivity index (χ0v) is 15.2. The summed E-state index contributed by atoms with van der Waals surface area (Å²) in [6.45, 7) is 0.994. The van der Waals surface area contributed by atoms with Crippen LogP contribution in [0.1, 0.15) is 12.8 Å². The lowest BCUT2D eigenvalue weighted by molar-refractivity contribution is -0.122. The van der Waals surface area contributed by atoms with Crippen LogP contribution in [0.25, 0.3) is 11.3 Å². The lowest BCUT2D eigenvalue weighted by Crippen LogP contribution is -2.37. The summed E-state index contributed by atoms with van der Waals surface area (Å²) in [5, 5.41) is 7.68. The molecule has 2 aromatic rings. The van der Waals surface area contributed by atoms with Gasteiger partial charge in [0.25, 0.3) is 5.56 Å². The van der Waals surface area contributed by atoms with Crippen molar-refractivity contribution in [2.45, 2.75) is 25.5 Å². The van der Waals surface area contributed by atoms with E-state index in [1.165, 1.54) is 13.2 Å². The van der Waals surface area contributed by atoms with Crippen LogP contribution in [0, 0.1) is 0 Å². The number of methoxy groups -OCH3 is 1. The number of benzene rings is 1. The summed E-state index contributed by atoms with van der Waals surface area (Å²) in [4.78, 5) is 24.4. The van der Waals surface area contributed by atoms with Gasteiger partial charge in [-0.05, 0) is 25.0 Å². The molecule has 3 rings (SSSR count). The van der Waals surface area contributed by atoms with Crippen LogP contribution < -0.4 is 15.6 Å². The summed E-state index contributed by atoms with van der Waals surface area (Å²) in [6.07, 6.45) is 1.98. The second-order valence-electron chi connectivity index (χ2n) is 6.00. The van der Waals surface area contributed by atoms with Gasteiger partial charge in [0, 0.05) is 29.8 Å². The Hall–Kier alpha value is -2.38. The molecule has 8 heteroatoms. The lowest BCUT2D eigenvalue weighted by atomic mass is 10.1. The number of carbonyl (C=O) groups excluding carboxylic acids is 1. The first-order chi connectivity index (χ1) is 12.6. The second-order valence-corrected chi connectivity index (χ2v) is 6.44. The Morgan fingerprint density at radius 2 is 2.19 bits per heavy atom. The fraction of sp³-hybridized carbons (Fsp3) is 0.389. The number of hydrogen-bond acceptors (Lipinski definition) is 5. The van der Waals surface area contributed by atoms with Crippen LogP contribution in [-0.4, -0.2) is 42.1 Å². The Morgan fingerprint density at radius 3 is 2.85 bits per heavy atom. The molecule has 1 N–H and O–H groups in total. The maximum absolute atomic E-state index is 12.2. The third-order valence-electron chi connectivity index (χ3n) is 4.14. The highest BCUT2D eigenvalue weighted by molar-refractivity contribution is 6.30. The van der Waals surface area contributed by atoms with Crippen molar-refractivity contribution in [2.24, 2.45) is 0 Å². The number of ether oxygens (including phenoxy) is 2. The molecule has 1 aliphatic rings. The molecule has 0 spiro atoms. The Balaban J connectivity index is 1.78. The lowest BCUT2D eigenvalue weighted by Gasteiger charge is -2.13. The Bertz CT molecular complexity index is 829. The molecule has 1 aromatic heterocycles. The van der Waals surface area contributed by atoms with E-state index < -0.39 is 5.56 Å². The van der Waals surface area contributed by atoms with E-state index in [0.29, 0.717) is 23.0 Å². The van der Waals surface area contributed by atoms with Crippen LogP contribution in [0.15, 0.2) is 35.1 Å². The molecule has 0 unspecified atom stereocenters. The second kappa shape index (κ2) is 8.33. The SMILES string of the molecule is COc1cc(=O)n(CC(=O)NC[C@@H]2CCCO2)nc1-c1ccc(Cl)cc1. The highest BCUT2D eigenvalue weighted by Gasteiger charge is 2.17. The minimum absolute atomic E-state index is 0.0455. The molecule has 0 aliphatic carbocycles. The van der Waals surface area contributed by atoms with Crippen LogP contribution in [0.3, 0.4) is 0 Å². The third kappa shape index (κ3) is 4.42. The number of hydrogen-bond donors (Lipinski definition) is 1. The number of rotatable bonds is 6. The quantitative estimate of drug-likeness (QED) is 0.831. The predicted octanol–water partition coefficient (Wildman–Crippen LogP) is 1.87.